The smallest absolute Gasteiger partial charge is 0.106 e. The van der Waals surface area contributed by atoms with E-state index in [1.165, 1.54) is 0 Å². The van der Waals surface area contributed by atoms with Gasteiger partial charge in [-0.15, -0.1) is 0 Å². The van der Waals surface area contributed by atoms with Crippen LogP contribution in [0.3, 0.4) is 0 Å². The van der Waals surface area contributed by atoms with Gasteiger partial charge in [0.2, 0.25) is 0 Å². The van der Waals surface area contributed by atoms with Crippen molar-refractivity contribution in [3.63, 3.8) is 0 Å². The molecular formula is C5H8O2. The molecule has 1 heterocycles. The first kappa shape index (κ1) is 6.24. The van der Waals surface area contributed by atoms with Crippen molar-refractivity contribution in [2.24, 2.45) is 0 Å². The molecule has 0 aromatic heterocycles. The molecule has 0 aliphatic carbocycles. The lowest BCUT2D eigenvalue weighted by atomic mass is 10.5. The quantitative estimate of drug-likeness (QED) is 0.430. The fraction of sp³-hybridized carbons (Fsp3) is 0.200. The minimum absolute atomic E-state index is 0. The molecular weight excluding hydrogens is 92.1 g/mol. The summed E-state index contributed by atoms with van der Waals surface area (Å²) < 4.78 is 4.80. The van der Waals surface area contributed by atoms with Crippen LogP contribution in [0.1, 0.15) is 0 Å². The highest BCUT2D eigenvalue weighted by Gasteiger charge is 1.75. The van der Waals surface area contributed by atoms with Crippen molar-refractivity contribution in [3.05, 3.63) is 24.5 Å². The monoisotopic (exact) mass is 100 g/mol. The molecule has 1 aliphatic rings. The van der Waals surface area contributed by atoms with Gasteiger partial charge in [0, 0.05) is 0 Å². The predicted molar refractivity (Wildman–Crippen MR) is 27.8 cm³/mol. The van der Waals surface area contributed by atoms with Crippen LogP contribution in [-0.2, 0) is 4.74 Å². The SMILES string of the molecule is C1=CCOC=C1.O. The second kappa shape index (κ2) is 3.43. The fourth-order valence-electron chi connectivity index (χ4n) is 0.346. The van der Waals surface area contributed by atoms with Crippen LogP contribution in [0.5, 0.6) is 0 Å². The maximum absolute atomic E-state index is 4.80. The molecule has 0 bridgehead atoms. The Morgan fingerprint density at radius 2 is 2.14 bits per heavy atom. The Balaban J connectivity index is 0.000000360. The van der Waals surface area contributed by atoms with E-state index in [2.05, 4.69) is 0 Å². The molecule has 2 N–H and O–H groups in total. The van der Waals surface area contributed by atoms with Crippen molar-refractivity contribution in [1.29, 1.82) is 0 Å². The zero-order chi connectivity index (χ0) is 4.24. The molecule has 0 atom stereocenters. The molecule has 2 heteroatoms. The molecule has 40 valence electrons. The summed E-state index contributed by atoms with van der Waals surface area (Å²) in [4.78, 5) is 0. The lowest BCUT2D eigenvalue weighted by Gasteiger charge is -1.94. The second-order valence-electron chi connectivity index (χ2n) is 1.09. The first-order chi connectivity index (χ1) is 3.00. The highest BCUT2D eigenvalue weighted by Crippen LogP contribution is 1.87. The summed E-state index contributed by atoms with van der Waals surface area (Å²) >= 11 is 0. The Hall–Kier alpha value is -0.760. The van der Waals surface area contributed by atoms with Crippen LogP contribution in [0.4, 0.5) is 0 Å². The third-order valence-electron chi connectivity index (χ3n) is 0.614. The largest absolute Gasteiger partial charge is 0.497 e. The number of allylic oxidation sites excluding steroid dienone is 2. The van der Waals surface area contributed by atoms with E-state index in [0.717, 1.165) is 6.61 Å². The van der Waals surface area contributed by atoms with E-state index >= 15 is 0 Å². The molecule has 0 unspecified atom stereocenters. The molecule has 0 radical (unpaired) electrons. The van der Waals surface area contributed by atoms with E-state index in [-0.39, 0.29) is 5.48 Å². The van der Waals surface area contributed by atoms with Gasteiger partial charge < -0.3 is 10.2 Å². The van der Waals surface area contributed by atoms with Gasteiger partial charge in [-0.3, -0.25) is 0 Å². The highest BCUT2D eigenvalue weighted by molar-refractivity contribution is 5.02. The first-order valence-corrected chi connectivity index (χ1v) is 1.93. The standard InChI is InChI=1S/C5H6O.H2O/c1-2-4-6-5-3-1;/h1-4H,5H2;1H2. The lowest BCUT2D eigenvalue weighted by Crippen LogP contribution is -1.82. The van der Waals surface area contributed by atoms with Gasteiger partial charge in [-0.05, 0) is 12.2 Å². The molecule has 2 nitrogen and oxygen atoms in total. The Morgan fingerprint density at radius 3 is 2.29 bits per heavy atom. The zero-order valence-electron chi connectivity index (χ0n) is 3.92. The van der Waals surface area contributed by atoms with Gasteiger partial charge in [0.1, 0.15) is 6.61 Å². The summed E-state index contributed by atoms with van der Waals surface area (Å²) in [7, 11) is 0. The number of rotatable bonds is 0. The van der Waals surface area contributed by atoms with Gasteiger partial charge in [-0.1, -0.05) is 6.08 Å². The van der Waals surface area contributed by atoms with Gasteiger partial charge in [-0.2, -0.15) is 0 Å². The van der Waals surface area contributed by atoms with Crippen LogP contribution >= 0.6 is 0 Å². The van der Waals surface area contributed by atoms with Crippen molar-refractivity contribution in [3.8, 4) is 0 Å². The molecule has 0 aromatic rings. The maximum Gasteiger partial charge on any atom is 0.106 e. The van der Waals surface area contributed by atoms with E-state index in [9.17, 15) is 0 Å². The summed E-state index contributed by atoms with van der Waals surface area (Å²) in [6.07, 6.45) is 7.47. The molecule has 0 amide bonds. The van der Waals surface area contributed by atoms with Crippen LogP contribution in [0.15, 0.2) is 24.5 Å². The Morgan fingerprint density at radius 1 is 1.29 bits per heavy atom. The van der Waals surface area contributed by atoms with Crippen molar-refractivity contribution in [2.75, 3.05) is 6.61 Å². The molecule has 1 rings (SSSR count). The number of ether oxygens (including phenoxy) is 1. The molecule has 1 aliphatic heterocycles. The van der Waals surface area contributed by atoms with Gasteiger partial charge >= 0.3 is 0 Å². The van der Waals surface area contributed by atoms with Crippen LogP contribution in [0.2, 0.25) is 0 Å². The number of hydrogen-bond donors (Lipinski definition) is 0. The second-order valence-corrected chi connectivity index (χ2v) is 1.09. The van der Waals surface area contributed by atoms with Crippen LogP contribution in [0, 0.1) is 0 Å². The van der Waals surface area contributed by atoms with Gasteiger partial charge in [0.15, 0.2) is 0 Å². The molecule has 0 saturated carbocycles. The maximum atomic E-state index is 4.80. The Bertz CT molecular complexity index is 72.1. The Labute approximate surface area is 42.4 Å². The van der Waals surface area contributed by atoms with Crippen molar-refractivity contribution in [1.82, 2.24) is 0 Å². The summed E-state index contributed by atoms with van der Waals surface area (Å²) in [6, 6.07) is 0. The Kier molecular flexibility index (Phi) is 3.06. The fourth-order valence-corrected chi connectivity index (χ4v) is 0.346. The predicted octanol–water partition coefficient (Wildman–Crippen LogP) is 0.262. The summed E-state index contributed by atoms with van der Waals surface area (Å²) in [6.45, 7) is 0.733. The molecule has 0 aromatic carbocycles. The van der Waals surface area contributed by atoms with E-state index < -0.39 is 0 Å². The third kappa shape index (κ3) is 2.00. The van der Waals surface area contributed by atoms with E-state index in [1.54, 1.807) is 6.26 Å². The molecule has 0 fully saturated rings. The topological polar surface area (TPSA) is 40.7 Å². The minimum Gasteiger partial charge on any atom is -0.497 e. The molecule has 7 heavy (non-hydrogen) atoms. The molecule has 0 spiro atoms. The average molecular weight is 100 g/mol. The zero-order valence-corrected chi connectivity index (χ0v) is 3.92. The van der Waals surface area contributed by atoms with E-state index in [1.807, 2.05) is 18.2 Å². The lowest BCUT2D eigenvalue weighted by molar-refractivity contribution is 0.286. The summed E-state index contributed by atoms with van der Waals surface area (Å²) in [5.74, 6) is 0. The van der Waals surface area contributed by atoms with Gasteiger partial charge in [0.25, 0.3) is 0 Å². The van der Waals surface area contributed by atoms with Crippen LogP contribution < -0.4 is 0 Å². The molecule has 0 saturated heterocycles. The summed E-state index contributed by atoms with van der Waals surface area (Å²) in [5.41, 5.74) is 0. The van der Waals surface area contributed by atoms with Crippen molar-refractivity contribution in [2.45, 2.75) is 0 Å². The average Bonchev–Trinajstić information content (AvgIpc) is 1.72. The van der Waals surface area contributed by atoms with Gasteiger partial charge in [-0.25, -0.2) is 0 Å². The van der Waals surface area contributed by atoms with E-state index in [0.29, 0.717) is 0 Å². The van der Waals surface area contributed by atoms with E-state index in [4.69, 9.17) is 4.74 Å². The van der Waals surface area contributed by atoms with Crippen molar-refractivity contribution < 1.29 is 10.2 Å². The number of hydrogen-bond acceptors (Lipinski definition) is 1. The highest BCUT2D eigenvalue weighted by atomic mass is 16.5. The summed E-state index contributed by atoms with van der Waals surface area (Å²) in [5, 5.41) is 0. The van der Waals surface area contributed by atoms with Crippen LogP contribution in [-0.4, -0.2) is 12.1 Å². The van der Waals surface area contributed by atoms with Crippen LogP contribution in [0.25, 0.3) is 0 Å². The normalized spacial score (nSPS) is 14.9. The third-order valence-corrected chi connectivity index (χ3v) is 0.614. The van der Waals surface area contributed by atoms with Gasteiger partial charge in [0.05, 0.1) is 6.26 Å². The first-order valence-electron chi connectivity index (χ1n) is 1.93. The minimum atomic E-state index is 0. The van der Waals surface area contributed by atoms with Crippen molar-refractivity contribution >= 4 is 0 Å².